The first kappa shape index (κ1) is 17.5. The fourth-order valence-electron chi connectivity index (χ4n) is 3.27. The topological polar surface area (TPSA) is 25.4 Å². The van der Waals surface area contributed by atoms with Gasteiger partial charge < -0.3 is 9.64 Å². The summed E-state index contributed by atoms with van der Waals surface area (Å²) in [6.45, 7) is 3.05. The van der Waals surface area contributed by atoms with Crippen molar-refractivity contribution in [2.24, 2.45) is 5.41 Å². The van der Waals surface area contributed by atoms with Crippen LogP contribution >= 0.6 is 23.2 Å². The molecule has 2 aromatic rings. The third-order valence-electron chi connectivity index (χ3n) is 4.77. The van der Waals surface area contributed by atoms with Crippen LogP contribution in [-0.4, -0.2) is 25.2 Å². The second-order valence-corrected chi connectivity index (χ2v) is 7.42. The van der Waals surface area contributed by atoms with Crippen LogP contribution in [0.15, 0.2) is 42.7 Å². The molecule has 0 unspecified atom stereocenters. The van der Waals surface area contributed by atoms with Gasteiger partial charge in [-0.05, 0) is 42.7 Å². The molecule has 4 rings (SSSR count). The summed E-state index contributed by atoms with van der Waals surface area (Å²) in [7, 11) is 1.67. The Labute approximate surface area is 153 Å². The van der Waals surface area contributed by atoms with Crippen molar-refractivity contribution >= 4 is 28.9 Å². The van der Waals surface area contributed by atoms with Gasteiger partial charge in [-0.25, -0.2) is 0 Å². The third-order valence-corrected chi connectivity index (χ3v) is 5.51. The molecule has 2 heterocycles. The number of nitrogens with zero attached hydrogens (tertiary/aromatic N) is 2. The van der Waals surface area contributed by atoms with Crippen molar-refractivity contribution in [3.05, 3.63) is 58.3 Å². The van der Waals surface area contributed by atoms with E-state index in [4.69, 9.17) is 27.9 Å². The van der Waals surface area contributed by atoms with Crippen LogP contribution in [0.2, 0.25) is 10.0 Å². The van der Waals surface area contributed by atoms with Crippen LogP contribution in [0.3, 0.4) is 0 Å². The molecule has 1 aromatic heterocycles. The van der Waals surface area contributed by atoms with Gasteiger partial charge in [0.2, 0.25) is 0 Å². The van der Waals surface area contributed by atoms with E-state index in [9.17, 15) is 0 Å². The Morgan fingerprint density at radius 3 is 2.50 bits per heavy atom. The summed E-state index contributed by atoms with van der Waals surface area (Å²) in [5, 5.41) is 1.29. The molecule has 2 aliphatic rings. The molecular formula is C19H22Cl2N2O. The van der Waals surface area contributed by atoms with Gasteiger partial charge in [0.05, 0.1) is 16.7 Å². The number of anilines is 1. The van der Waals surface area contributed by atoms with Crippen LogP contribution in [0.4, 0.5) is 5.69 Å². The zero-order valence-corrected chi connectivity index (χ0v) is 15.4. The first-order valence-corrected chi connectivity index (χ1v) is 8.95. The molecule has 1 spiro atoms. The monoisotopic (exact) mass is 364 g/mol. The largest absolute Gasteiger partial charge is 0.380 e. The molecule has 1 aliphatic carbocycles. The molecule has 0 N–H and O–H groups in total. The number of methoxy groups -OCH3 is 1. The zero-order valence-electron chi connectivity index (χ0n) is 13.8. The number of hydrogen-bond acceptors (Lipinski definition) is 3. The van der Waals surface area contributed by atoms with E-state index in [0.717, 1.165) is 5.56 Å². The minimum atomic E-state index is 0.638. The lowest BCUT2D eigenvalue weighted by atomic mass is 9.63. The number of halogens is 2. The Morgan fingerprint density at radius 2 is 1.96 bits per heavy atom. The number of aromatic nitrogens is 1. The molecular weight excluding hydrogens is 343 g/mol. The second-order valence-electron chi connectivity index (χ2n) is 6.60. The van der Waals surface area contributed by atoms with E-state index in [2.05, 4.69) is 16.0 Å². The van der Waals surface area contributed by atoms with Crippen LogP contribution in [0.1, 0.15) is 24.8 Å². The highest BCUT2D eigenvalue weighted by molar-refractivity contribution is 6.42. The molecule has 0 amide bonds. The van der Waals surface area contributed by atoms with E-state index >= 15 is 0 Å². The average molecular weight is 365 g/mol. The van der Waals surface area contributed by atoms with Crippen LogP contribution in [0.25, 0.3) is 0 Å². The maximum Gasteiger partial charge on any atom is 0.0728 e. The van der Waals surface area contributed by atoms with E-state index in [1.165, 1.54) is 38.0 Å². The van der Waals surface area contributed by atoms with Crippen LogP contribution in [0.5, 0.6) is 0 Å². The van der Waals surface area contributed by atoms with Gasteiger partial charge in [-0.2, -0.15) is 0 Å². The molecule has 0 bridgehead atoms. The molecule has 1 saturated carbocycles. The standard InChI is InChI=1S/C12H13Cl2N.C7H9NO/c13-10-3-2-9(6-11(10)14)15-7-12(8-15)4-1-5-12;1-9-6-7-3-2-4-8-5-7/h2-3,6H,1,4-5,7-8H2;2-5H,6H2,1H3. The molecule has 1 aromatic carbocycles. The van der Waals surface area contributed by atoms with Crippen molar-refractivity contribution in [3.63, 3.8) is 0 Å². The van der Waals surface area contributed by atoms with E-state index in [1.54, 1.807) is 19.5 Å². The van der Waals surface area contributed by atoms with Crippen molar-refractivity contribution in [2.75, 3.05) is 25.1 Å². The van der Waals surface area contributed by atoms with Gasteiger partial charge in [-0.3, -0.25) is 4.98 Å². The lowest BCUT2D eigenvalue weighted by molar-refractivity contribution is 0.0904. The number of rotatable bonds is 3. The van der Waals surface area contributed by atoms with E-state index < -0.39 is 0 Å². The molecule has 0 radical (unpaired) electrons. The van der Waals surface area contributed by atoms with Crippen molar-refractivity contribution in [1.29, 1.82) is 0 Å². The summed E-state index contributed by atoms with van der Waals surface area (Å²) in [6, 6.07) is 9.78. The fraction of sp³-hybridized carbons (Fsp3) is 0.421. The highest BCUT2D eigenvalue weighted by atomic mass is 35.5. The minimum Gasteiger partial charge on any atom is -0.380 e. The van der Waals surface area contributed by atoms with Gasteiger partial charge in [-0.1, -0.05) is 35.7 Å². The summed E-state index contributed by atoms with van der Waals surface area (Å²) in [6.07, 6.45) is 7.77. The third kappa shape index (κ3) is 4.02. The van der Waals surface area contributed by atoms with E-state index in [0.29, 0.717) is 22.1 Å². The summed E-state index contributed by atoms with van der Waals surface area (Å²) in [5.41, 5.74) is 2.98. The SMILES string of the molecule is COCc1cccnc1.Clc1ccc(N2CC3(CCC3)C2)cc1Cl. The summed E-state index contributed by atoms with van der Waals surface area (Å²) in [4.78, 5) is 6.31. The Balaban J connectivity index is 0.000000162. The summed E-state index contributed by atoms with van der Waals surface area (Å²) >= 11 is 11.9. The quantitative estimate of drug-likeness (QED) is 0.747. The predicted octanol–water partition coefficient (Wildman–Crippen LogP) is 5.21. The van der Waals surface area contributed by atoms with E-state index in [-0.39, 0.29) is 0 Å². The highest BCUT2D eigenvalue weighted by Gasteiger charge is 2.47. The Morgan fingerprint density at radius 1 is 1.17 bits per heavy atom. The number of pyridine rings is 1. The Bertz CT molecular complexity index is 666. The number of benzene rings is 1. The smallest absolute Gasteiger partial charge is 0.0728 e. The molecule has 1 saturated heterocycles. The highest BCUT2D eigenvalue weighted by Crippen LogP contribution is 2.49. The molecule has 128 valence electrons. The molecule has 5 heteroatoms. The minimum absolute atomic E-state index is 0.638. The molecule has 2 fully saturated rings. The maximum atomic E-state index is 6.00. The summed E-state index contributed by atoms with van der Waals surface area (Å²) < 4.78 is 4.89. The van der Waals surface area contributed by atoms with Gasteiger partial charge in [0.25, 0.3) is 0 Å². The Hall–Kier alpha value is -1.29. The van der Waals surface area contributed by atoms with Gasteiger partial charge in [-0.15, -0.1) is 0 Å². The normalized spacial score (nSPS) is 17.5. The zero-order chi connectivity index (χ0) is 17.0. The van der Waals surface area contributed by atoms with Crippen molar-refractivity contribution in [1.82, 2.24) is 4.98 Å². The fourth-order valence-corrected chi connectivity index (χ4v) is 3.56. The molecule has 3 nitrogen and oxygen atoms in total. The number of hydrogen-bond donors (Lipinski definition) is 0. The Kier molecular flexibility index (Phi) is 5.65. The van der Waals surface area contributed by atoms with Crippen LogP contribution in [-0.2, 0) is 11.3 Å². The first-order chi connectivity index (χ1) is 11.6. The summed E-state index contributed by atoms with van der Waals surface area (Å²) in [5.74, 6) is 0. The van der Waals surface area contributed by atoms with E-state index in [1.807, 2.05) is 24.3 Å². The van der Waals surface area contributed by atoms with Crippen molar-refractivity contribution in [2.45, 2.75) is 25.9 Å². The van der Waals surface area contributed by atoms with Crippen molar-refractivity contribution < 1.29 is 4.74 Å². The second kappa shape index (κ2) is 7.73. The number of ether oxygens (including phenoxy) is 1. The van der Waals surface area contributed by atoms with Crippen molar-refractivity contribution in [3.8, 4) is 0 Å². The molecule has 1 aliphatic heterocycles. The lowest BCUT2D eigenvalue weighted by Gasteiger charge is -2.57. The molecule has 0 atom stereocenters. The van der Waals surface area contributed by atoms with Gasteiger partial charge in [0.15, 0.2) is 0 Å². The van der Waals surface area contributed by atoms with Crippen LogP contribution < -0.4 is 4.90 Å². The van der Waals surface area contributed by atoms with Crippen LogP contribution in [0, 0.1) is 5.41 Å². The average Bonchev–Trinajstić information content (AvgIpc) is 2.50. The molecule has 24 heavy (non-hydrogen) atoms. The maximum absolute atomic E-state index is 6.00. The van der Waals surface area contributed by atoms with Gasteiger partial charge in [0, 0.05) is 43.7 Å². The first-order valence-electron chi connectivity index (χ1n) is 8.20. The predicted molar refractivity (Wildman–Crippen MR) is 99.9 cm³/mol. The van der Waals surface area contributed by atoms with Gasteiger partial charge >= 0.3 is 0 Å². The van der Waals surface area contributed by atoms with Gasteiger partial charge in [0.1, 0.15) is 0 Å². The lowest BCUT2D eigenvalue weighted by Crippen LogP contribution is -2.59.